The number of imidazole rings is 1. The Hall–Kier alpha value is -2.39. The van der Waals surface area contributed by atoms with E-state index in [1.54, 1.807) is 6.20 Å². The van der Waals surface area contributed by atoms with E-state index in [1.807, 2.05) is 48.9 Å². The fourth-order valence-corrected chi connectivity index (χ4v) is 3.36. The van der Waals surface area contributed by atoms with Crippen molar-refractivity contribution in [3.8, 4) is 0 Å². The molecule has 0 radical (unpaired) electrons. The Kier molecular flexibility index (Phi) is 4.29. The van der Waals surface area contributed by atoms with Crippen LogP contribution in [-0.2, 0) is 19.1 Å². The van der Waals surface area contributed by atoms with Crippen LogP contribution in [-0.4, -0.2) is 14.7 Å². The SMILES string of the molecule is CCc1ncc(C(O)(c2ccccc2)c2cc(C)ccc2C)n1C. The molecule has 24 heavy (non-hydrogen) atoms. The summed E-state index contributed by atoms with van der Waals surface area (Å²) in [6, 6.07) is 16.0. The quantitative estimate of drug-likeness (QED) is 0.792. The zero-order chi connectivity index (χ0) is 17.3. The topological polar surface area (TPSA) is 38.1 Å². The molecule has 0 saturated heterocycles. The summed E-state index contributed by atoms with van der Waals surface area (Å²) in [7, 11) is 1.97. The molecule has 2 aromatic carbocycles. The lowest BCUT2D eigenvalue weighted by atomic mass is 9.81. The van der Waals surface area contributed by atoms with E-state index in [0.29, 0.717) is 0 Å². The summed E-state index contributed by atoms with van der Waals surface area (Å²) in [5.41, 5.74) is 3.50. The van der Waals surface area contributed by atoms with Gasteiger partial charge in [0.05, 0.1) is 11.9 Å². The number of benzene rings is 2. The largest absolute Gasteiger partial charge is 0.374 e. The molecule has 124 valence electrons. The maximum atomic E-state index is 12.0. The number of hydrogen-bond donors (Lipinski definition) is 1. The van der Waals surface area contributed by atoms with Crippen LogP contribution in [0.5, 0.6) is 0 Å². The van der Waals surface area contributed by atoms with Gasteiger partial charge in [-0.2, -0.15) is 0 Å². The molecule has 1 heterocycles. The highest BCUT2D eigenvalue weighted by Gasteiger charge is 2.38. The number of rotatable bonds is 4. The van der Waals surface area contributed by atoms with Crippen LogP contribution in [0.15, 0.2) is 54.7 Å². The minimum atomic E-state index is -1.23. The predicted molar refractivity (Wildman–Crippen MR) is 97.0 cm³/mol. The van der Waals surface area contributed by atoms with E-state index in [1.165, 1.54) is 0 Å². The molecule has 3 aromatic rings. The third-order valence-corrected chi connectivity index (χ3v) is 4.75. The van der Waals surface area contributed by atoms with Crippen LogP contribution >= 0.6 is 0 Å². The average molecular weight is 320 g/mol. The molecule has 1 N–H and O–H groups in total. The predicted octanol–water partition coefficient (Wildman–Crippen LogP) is 3.88. The fourth-order valence-electron chi connectivity index (χ4n) is 3.36. The second-order valence-electron chi connectivity index (χ2n) is 6.37. The summed E-state index contributed by atoms with van der Waals surface area (Å²) in [6.07, 6.45) is 2.63. The second-order valence-corrected chi connectivity index (χ2v) is 6.37. The molecule has 0 aliphatic carbocycles. The van der Waals surface area contributed by atoms with Gasteiger partial charge in [0.2, 0.25) is 0 Å². The highest BCUT2D eigenvalue weighted by Crippen LogP contribution is 2.38. The Morgan fingerprint density at radius 3 is 2.42 bits per heavy atom. The molecule has 1 aromatic heterocycles. The van der Waals surface area contributed by atoms with Crippen LogP contribution < -0.4 is 0 Å². The van der Waals surface area contributed by atoms with Gasteiger partial charge in [0.25, 0.3) is 0 Å². The molecule has 0 aliphatic rings. The molecule has 0 bridgehead atoms. The van der Waals surface area contributed by atoms with Crippen molar-refractivity contribution in [3.05, 3.63) is 88.5 Å². The van der Waals surface area contributed by atoms with Gasteiger partial charge < -0.3 is 9.67 Å². The molecule has 3 rings (SSSR count). The lowest BCUT2D eigenvalue weighted by Crippen LogP contribution is -2.32. The molecule has 0 fully saturated rings. The molecule has 0 aliphatic heterocycles. The fraction of sp³-hybridized carbons (Fsp3) is 0.286. The Balaban J connectivity index is 2.33. The van der Waals surface area contributed by atoms with Gasteiger partial charge in [-0.25, -0.2) is 4.98 Å². The normalized spacial score (nSPS) is 13.7. The van der Waals surface area contributed by atoms with E-state index in [0.717, 1.165) is 40.2 Å². The van der Waals surface area contributed by atoms with Crippen molar-refractivity contribution >= 4 is 0 Å². The number of aromatic nitrogens is 2. The van der Waals surface area contributed by atoms with Gasteiger partial charge in [0.1, 0.15) is 5.82 Å². The first kappa shape index (κ1) is 16.5. The maximum Gasteiger partial charge on any atom is 0.157 e. The van der Waals surface area contributed by atoms with Crippen molar-refractivity contribution in [2.45, 2.75) is 32.8 Å². The molecular weight excluding hydrogens is 296 g/mol. The molecule has 1 unspecified atom stereocenters. The minimum absolute atomic E-state index is 0.791. The van der Waals surface area contributed by atoms with E-state index >= 15 is 0 Å². The van der Waals surface area contributed by atoms with Gasteiger partial charge in [0.15, 0.2) is 5.60 Å². The summed E-state index contributed by atoms with van der Waals surface area (Å²) in [4.78, 5) is 4.51. The van der Waals surface area contributed by atoms with E-state index < -0.39 is 5.60 Å². The summed E-state index contributed by atoms with van der Waals surface area (Å²) in [5, 5.41) is 12.0. The first-order valence-electron chi connectivity index (χ1n) is 8.35. The van der Waals surface area contributed by atoms with Gasteiger partial charge in [-0.15, -0.1) is 0 Å². The van der Waals surface area contributed by atoms with Crippen molar-refractivity contribution < 1.29 is 5.11 Å². The molecule has 0 saturated carbocycles. The highest BCUT2D eigenvalue weighted by atomic mass is 16.3. The smallest absolute Gasteiger partial charge is 0.157 e. The minimum Gasteiger partial charge on any atom is -0.374 e. The highest BCUT2D eigenvalue weighted by molar-refractivity contribution is 5.48. The third kappa shape index (κ3) is 2.55. The van der Waals surface area contributed by atoms with E-state index in [4.69, 9.17) is 0 Å². The molecular formula is C21H24N2O. The second kappa shape index (κ2) is 6.25. The van der Waals surface area contributed by atoms with Crippen LogP contribution in [0, 0.1) is 13.8 Å². The lowest BCUT2D eigenvalue weighted by Gasteiger charge is -2.31. The van der Waals surface area contributed by atoms with E-state index in [9.17, 15) is 5.11 Å². The Morgan fingerprint density at radius 1 is 1.08 bits per heavy atom. The van der Waals surface area contributed by atoms with Crippen LogP contribution in [0.3, 0.4) is 0 Å². The van der Waals surface area contributed by atoms with Crippen LogP contribution in [0.2, 0.25) is 0 Å². The molecule has 3 nitrogen and oxygen atoms in total. The Bertz CT molecular complexity index is 852. The van der Waals surface area contributed by atoms with Gasteiger partial charge in [-0.1, -0.05) is 61.0 Å². The standard InChI is InChI=1S/C21H24N2O/c1-5-20-22-14-19(23(20)4)21(24,17-9-7-6-8-10-17)18-13-15(2)11-12-16(18)3/h6-14,24H,5H2,1-4H3. The lowest BCUT2D eigenvalue weighted by molar-refractivity contribution is 0.116. The Labute approximate surface area is 143 Å². The summed E-state index contributed by atoms with van der Waals surface area (Å²) in [5.74, 6) is 0.963. The number of aryl methyl sites for hydroxylation is 3. The molecule has 3 heteroatoms. The van der Waals surface area contributed by atoms with Gasteiger partial charge >= 0.3 is 0 Å². The zero-order valence-electron chi connectivity index (χ0n) is 14.7. The van der Waals surface area contributed by atoms with Crippen molar-refractivity contribution in [3.63, 3.8) is 0 Å². The van der Waals surface area contributed by atoms with Crippen molar-refractivity contribution in [2.75, 3.05) is 0 Å². The van der Waals surface area contributed by atoms with Crippen LogP contribution in [0.4, 0.5) is 0 Å². The maximum absolute atomic E-state index is 12.0. The number of hydrogen-bond acceptors (Lipinski definition) is 2. The average Bonchev–Trinajstić information content (AvgIpc) is 2.98. The molecule has 0 spiro atoms. The van der Waals surface area contributed by atoms with E-state index in [-0.39, 0.29) is 0 Å². The zero-order valence-corrected chi connectivity index (χ0v) is 14.7. The van der Waals surface area contributed by atoms with Gasteiger partial charge in [-0.3, -0.25) is 0 Å². The third-order valence-electron chi connectivity index (χ3n) is 4.75. The Morgan fingerprint density at radius 2 is 1.79 bits per heavy atom. The van der Waals surface area contributed by atoms with Gasteiger partial charge in [0, 0.05) is 13.5 Å². The molecule has 1 atom stereocenters. The first-order valence-corrected chi connectivity index (χ1v) is 8.35. The van der Waals surface area contributed by atoms with Crippen LogP contribution in [0.1, 0.15) is 40.7 Å². The molecule has 0 amide bonds. The van der Waals surface area contributed by atoms with E-state index in [2.05, 4.69) is 37.0 Å². The van der Waals surface area contributed by atoms with Crippen molar-refractivity contribution in [1.29, 1.82) is 0 Å². The monoisotopic (exact) mass is 320 g/mol. The number of aliphatic hydroxyl groups is 1. The summed E-state index contributed by atoms with van der Waals surface area (Å²) in [6.45, 7) is 6.17. The summed E-state index contributed by atoms with van der Waals surface area (Å²) < 4.78 is 2.01. The van der Waals surface area contributed by atoms with Crippen molar-refractivity contribution in [2.24, 2.45) is 7.05 Å². The van der Waals surface area contributed by atoms with Crippen molar-refractivity contribution in [1.82, 2.24) is 9.55 Å². The number of nitrogens with zero attached hydrogens (tertiary/aromatic N) is 2. The first-order chi connectivity index (χ1) is 11.5. The van der Waals surface area contributed by atoms with Gasteiger partial charge in [-0.05, 0) is 30.5 Å². The van der Waals surface area contributed by atoms with Crippen LogP contribution in [0.25, 0.3) is 0 Å². The summed E-state index contributed by atoms with van der Waals surface area (Å²) >= 11 is 0.